The van der Waals surface area contributed by atoms with Crippen LogP contribution in [0.5, 0.6) is 0 Å². The van der Waals surface area contributed by atoms with Crippen LogP contribution in [0.25, 0.3) is 11.3 Å². The molecular weight excluding hydrogens is 353 g/mol. The molecular formula is C14H14IN3O. The van der Waals surface area contributed by atoms with Crippen molar-refractivity contribution in [3.05, 3.63) is 39.4 Å². The van der Waals surface area contributed by atoms with E-state index in [1.807, 2.05) is 18.3 Å². The zero-order chi connectivity index (χ0) is 13.4. The predicted octanol–water partition coefficient (Wildman–Crippen LogP) is 2.59. The van der Waals surface area contributed by atoms with Gasteiger partial charge in [-0.1, -0.05) is 0 Å². The Kier molecular flexibility index (Phi) is 3.30. The van der Waals surface area contributed by atoms with Crippen molar-refractivity contribution >= 4 is 28.5 Å². The lowest BCUT2D eigenvalue weighted by atomic mass is 10.1. The van der Waals surface area contributed by atoms with Gasteiger partial charge in [-0.15, -0.1) is 0 Å². The van der Waals surface area contributed by atoms with E-state index in [1.54, 1.807) is 6.20 Å². The summed E-state index contributed by atoms with van der Waals surface area (Å²) in [7, 11) is 0. The van der Waals surface area contributed by atoms with Gasteiger partial charge in [0.05, 0.1) is 14.8 Å². The van der Waals surface area contributed by atoms with Crippen LogP contribution in [0.3, 0.4) is 0 Å². The number of hydrogen-bond acceptors (Lipinski definition) is 2. The number of rotatable bonds is 2. The van der Waals surface area contributed by atoms with Crippen LogP contribution in [0.1, 0.15) is 28.9 Å². The van der Waals surface area contributed by atoms with Gasteiger partial charge in [-0.25, -0.2) is 0 Å². The number of fused-ring (bicyclic) bond motifs is 1. The fourth-order valence-electron chi connectivity index (χ4n) is 2.74. The molecule has 1 amide bonds. The summed E-state index contributed by atoms with van der Waals surface area (Å²) in [5.74, 6) is -0.329. The molecule has 0 fully saturated rings. The third-order valence-corrected chi connectivity index (χ3v) is 4.59. The second-order valence-electron chi connectivity index (χ2n) is 4.70. The van der Waals surface area contributed by atoms with Gasteiger partial charge in [0.25, 0.3) is 5.91 Å². The number of aromatic nitrogens is 2. The fraction of sp³-hybridized carbons (Fsp3) is 0.286. The number of carbonyl (C=O) groups excluding carboxylic acids is 1. The molecule has 0 saturated heterocycles. The minimum Gasteiger partial charge on any atom is -0.366 e. The highest BCUT2D eigenvalue weighted by Crippen LogP contribution is 2.35. The molecule has 2 N–H and O–H groups in total. The van der Waals surface area contributed by atoms with E-state index in [1.165, 1.54) is 0 Å². The first-order valence-electron chi connectivity index (χ1n) is 6.31. The molecule has 2 aromatic rings. The molecule has 0 aromatic carbocycles. The number of amides is 1. The maximum absolute atomic E-state index is 11.7. The first kappa shape index (κ1) is 12.7. The van der Waals surface area contributed by atoms with Crippen molar-refractivity contribution < 1.29 is 4.79 Å². The van der Waals surface area contributed by atoms with Gasteiger partial charge in [-0.2, -0.15) is 0 Å². The van der Waals surface area contributed by atoms with Crippen LogP contribution in [0.15, 0.2) is 24.5 Å². The van der Waals surface area contributed by atoms with Crippen LogP contribution in [0.4, 0.5) is 0 Å². The number of nitrogens with two attached hydrogens (primary N) is 1. The quantitative estimate of drug-likeness (QED) is 0.830. The molecule has 19 heavy (non-hydrogen) atoms. The summed E-state index contributed by atoms with van der Waals surface area (Å²) < 4.78 is 3.19. The molecule has 5 heteroatoms. The zero-order valence-corrected chi connectivity index (χ0v) is 12.6. The minimum absolute atomic E-state index is 0.329. The topological polar surface area (TPSA) is 60.9 Å². The van der Waals surface area contributed by atoms with Gasteiger partial charge in [0.1, 0.15) is 0 Å². The maximum Gasteiger partial charge on any atom is 0.251 e. The number of halogens is 1. The van der Waals surface area contributed by atoms with E-state index >= 15 is 0 Å². The minimum atomic E-state index is -0.329. The Morgan fingerprint density at radius 3 is 2.95 bits per heavy atom. The molecule has 98 valence electrons. The summed E-state index contributed by atoms with van der Waals surface area (Å²) in [6.07, 6.45) is 6.78. The van der Waals surface area contributed by atoms with Crippen LogP contribution in [0, 0.1) is 3.57 Å². The van der Waals surface area contributed by atoms with Crippen molar-refractivity contribution in [2.45, 2.75) is 25.8 Å². The van der Waals surface area contributed by atoms with Gasteiger partial charge in [-0.3, -0.25) is 9.78 Å². The molecule has 0 radical (unpaired) electrons. The van der Waals surface area contributed by atoms with Gasteiger partial charge < -0.3 is 10.3 Å². The van der Waals surface area contributed by atoms with Gasteiger partial charge in [0, 0.05) is 30.2 Å². The van der Waals surface area contributed by atoms with E-state index in [-0.39, 0.29) is 5.91 Å². The predicted molar refractivity (Wildman–Crippen MR) is 81.8 cm³/mol. The first-order chi connectivity index (χ1) is 9.20. The van der Waals surface area contributed by atoms with Crippen molar-refractivity contribution in [2.75, 3.05) is 0 Å². The molecule has 4 nitrogen and oxygen atoms in total. The molecule has 0 bridgehead atoms. The van der Waals surface area contributed by atoms with Crippen LogP contribution in [0.2, 0.25) is 0 Å². The van der Waals surface area contributed by atoms with E-state index in [0.29, 0.717) is 5.56 Å². The number of carbonyl (C=O) groups is 1. The summed E-state index contributed by atoms with van der Waals surface area (Å²) in [4.78, 5) is 15.9. The third-order valence-electron chi connectivity index (χ3n) is 3.54. The molecule has 1 aliphatic heterocycles. The van der Waals surface area contributed by atoms with E-state index in [0.717, 1.165) is 46.3 Å². The fourth-order valence-corrected chi connectivity index (χ4v) is 3.92. The van der Waals surface area contributed by atoms with E-state index in [9.17, 15) is 4.79 Å². The van der Waals surface area contributed by atoms with Crippen LogP contribution in [-0.2, 0) is 13.0 Å². The molecule has 2 aromatic heterocycles. The van der Waals surface area contributed by atoms with E-state index in [4.69, 9.17) is 5.73 Å². The number of pyridine rings is 1. The molecule has 3 heterocycles. The second-order valence-corrected chi connectivity index (χ2v) is 5.78. The lowest BCUT2D eigenvalue weighted by Gasteiger charge is -2.18. The molecule has 0 atom stereocenters. The molecule has 0 saturated carbocycles. The van der Waals surface area contributed by atoms with Crippen LogP contribution in [-0.4, -0.2) is 15.5 Å². The van der Waals surface area contributed by atoms with E-state index in [2.05, 4.69) is 32.1 Å². The lowest BCUT2D eigenvalue weighted by molar-refractivity contribution is 0.0998. The maximum atomic E-state index is 11.7. The Hall–Kier alpha value is -1.37. The molecule has 0 aliphatic carbocycles. The SMILES string of the molecule is NC(=O)c1c(I)c(-c2cccnc2)n2c1CCCC2. The monoisotopic (exact) mass is 367 g/mol. The Labute approximate surface area is 125 Å². The smallest absolute Gasteiger partial charge is 0.251 e. The van der Waals surface area contributed by atoms with Crippen LogP contribution >= 0.6 is 22.6 Å². The van der Waals surface area contributed by atoms with Crippen molar-refractivity contribution in [3.63, 3.8) is 0 Å². The van der Waals surface area contributed by atoms with E-state index < -0.39 is 0 Å². The van der Waals surface area contributed by atoms with Gasteiger partial charge in [-0.05, 0) is 54.0 Å². The van der Waals surface area contributed by atoms with Crippen molar-refractivity contribution in [2.24, 2.45) is 5.73 Å². The highest BCUT2D eigenvalue weighted by Gasteiger charge is 2.26. The Balaban J connectivity index is 2.28. The average molecular weight is 367 g/mol. The van der Waals surface area contributed by atoms with Crippen molar-refractivity contribution in [1.29, 1.82) is 0 Å². The van der Waals surface area contributed by atoms with Crippen molar-refractivity contribution in [3.8, 4) is 11.3 Å². The first-order valence-corrected chi connectivity index (χ1v) is 7.39. The summed E-state index contributed by atoms with van der Waals surface area (Å²) in [5, 5.41) is 0. The second kappa shape index (κ2) is 4.96. The van der Waals surface area contributed by atoms with Gasteiger partial charge in [0.15, 0.2) is 0 Å². The lowest BCUT2D eigenvalue weighted by Crippen LogP contribution is -2.17. The third kappa shape index (κ3) is 2.05. The van der Waals surface area contributed by atoms with Gasteiger partial charge in [0.2, 0.25) is 0 Å². The molecule has 3 rings (SSSR count). The largest absolute Gasteiger partial charge is 0.366 e. The molecule has 0 spiro atoms. The number of hydrogen-bond donors (Lipinski definition) is 1. The highest BCUT2D eigenvalue weighted by atomic mass is 127. The summed E-state index contributed by atoms with van der Waals surface area (Å²) in [5.41, 5.74) is 9.46. The average Bonchev–Trinajstić information content (AvgIpc) is 2.71. The van der Waals surface area contributed by atoms with Crippen molar-refractivity contribution in [1.82, 2.24) is 9.55 Å². The Bertz CT molecular complexity index is 634. The number of nitrogens with zero attached hydrogens (tertiary/aromatic N) is 2. The summed E-state index contributed by atoms with van der Waals surface area (Å²) >= 11 is 2.23. The summed E-state index contributed by atoms with van der Waals surface area (Å²) in [6.45, 7) is 0.947. The zero-order valence-electron chi connectivity index (χ0n) is 10.4. The van der Waals surface area contributed by atoms with Gasteiger partial charge >= 0.3 is 0 Å². The summed E-state index contributed by atoms with van der Waals surface area (Å²) in [6, 6.07) is 3.94. The van der Waals surface area contributed by atoms with Crippen LogP contribution < -0.4 is 5.73 Å². The Morgan fingerprint density at radius 1 is 1.42 bits per heavy atom. The molecule has 1 aliphatic rings. The highest BCUT2D eigenvalue weighted by molar-refractivity contribution is 14.1. The normalized spacial score (nSPS) is 14.2. The Morgan fingerprint density at radius 2 is 2.26 bits per heavy atom. The standard InChI is InChI=1S/C14H14IN3O/c15-12-11(14(16)19)10-5-1-2-7-18(10)13(12)9-4-3-6-17-8-9/h3-4,6,8H,1-2,5,7H2,(H2,16,19). The number of primary amides is 1. The molecule has 0 unspecified atom stereocenters.